The van der Waals surface area contributed by atoms with Gasteiger partial charge in [-0.05, 0) is 50.1 Å². The normalized spacial score (nSPS) is 15.8. The minimum Gasteiger partial charge on any atom is -0.385 e. The molecule has 2 aromatic heterocycles. The van der Waals surface area contributed by atoms with Gasteiger partial charge >= 0.3 is 0 Å². The van der Waals surface area contributed by atoms with Gasteiger partial charge in [-0.2, -0.15) is 4.98 Å². The van der Waals surface area contributed by atoms with Gasteiger partial charge in [0.25, 0.3) is 5.91 Å². The number of carbonyl (C=O) groups is 1. The van der Waals surface area contributed by atoms with Crippen molar-refractivity contribution in [2.45, 2.75) is 46.6 Å². The number of allylic oxidation sites excluding steroid dienone is 1. The highest BCUT2D eigenvalue weighted by atomic mass is 16.1. The number of hydrogen-bond donors (Lipinski definition) is 6. The molecular weight excluding hydrogens is 494 g/mol. The molecule has 1 aliphatic heterocycles. The van der Waals surface area contributed by atoms with Gasteiger partial charge in [-0.15, -0.1) is 0 Å². The quantitative estimate of drug-likeness (QED) is 0.236. The SMILES string of the molecule is Cc1ccc(C(=O)N/C(N)=C/C(=N)C(C)(C)C)cc1Nc1ncnc2c(N)nc(N(C)CC3CCCN3)nc12. The number of hydrogen-bond acceptors (Lipinski definition) is 11. The summed E-state index contributed by atoms with van der Waals surface area (Å²) in [7, 11) is 1.94. The lowest BCUT2D eigenvalue weighted by atomic mass is 9.90. The number of aryl methyl sites for hydroxylation is 1. The molecule has 1 fully saturated rings. The van der Waals surface area contributed by atoms with E-state index in [1.165, 1.54) is 12.4 Å². The summed E-state index contributed by atoms with van der Waals surface area (Å²) in [6.07, 6.45) is 5.12. The molecular formula is C27H37N11O. The number of benzene rings is 1. The molecule has 1 amide bonds. The molecule has 12 heteroatoms. The van der Waals surface area contributed by atoms with E-state index in [2.05, 4.69) is 30.9 Å². The Morgan fingerprint density at radius 2 is 2.03 bits per heavy atom. The fourth-order valence-corrected chi connectivity index (χ4v) is 4.18. The average molecular weight is 532 g/mol. The van der Waals surface area contributed by atoms with Crippen LogP contribution in [0.1, 0.15) is 49.5 Å². The van der Waals surface area contributed by atoms with Crippen LogP contribution in [0.3, 0.4) is 0 Å². The van der Waals surface area contributed by atoms with Crippen molar-refractivity contribution in [3.05, 3.63) is 47.6 Å². The van der Waals surface area contributed by atoms with Crippen LogP contribution in [0.5, 0.6) is 0 Å². The van der Waals surface area contributed by atoms with Crippen molar-refractivity contribution >= 4 is 45.9 Å². The minimum atomic E-state index is -0.392. The van der Waals surface area contributed by atoms with Crippen LogP contribution >= 0.6 is 0 Å². The molecule has 39 heavy (non-hydrogen) atoms. The number of nitrogens with one attached hydrogen (secondary N) is 4. The van der Waals surface area contributed by atoms with Gasteiger partial charge < -0.3 is 37.7 Å². The van der Waals surface area contributed by atoms with Crippen molar-refractivity contribution in [2.24, 2.45) is 11.1 Å². The first-order valence-corrected chi connectivity index (χ1v) is 12.9. The number of nitrogen functional groups attached to an aromatic ring is 1. The van der Waals surface area contributed by atoms with Gasteiger partial charge in [0, 0.05) is 42.0 Å². The van der Waals surface area contributed by atoms with Crippen molar-refractivity contribution < 1.29 is 4.79 Å². The summed E-state index contributed by atoms with van der Waals surface area (Å²) in [4.78, 5) is 32.8. The van der Waals surface area contributed by atoms with Crippen LogP contribution in [-0.4, -0.2) is 57.7 Å². The van der Waals surface area contributed by atoms with Gasteiger partial charge in [-0.3, -0.25) is 4.79 Å². The molecule has 4 rings (SSSR count). The van der Waals surface area contributed by atoms with E-state index in [0.717, 1.165) is 31.5 Å². The summed E-state index contributed by atoms with van der Waals surface area (Å²) >= 11 is 0. The zero-order chi connectivity index (χ0) is 28.3. The maximum absolute atomic E-state index is 12.9. The van der Waals surface area contributed by atoms with Crippen LogP contribution in [0.25, 0.3) is 11.0 Å². The van der Waals surface area contributed by atoms with Crippen LogP contribution in [0.15, 0.2) is 36.4 Å². The Balaban J connectivity index is 1.59. The van der Waals surface area contributed by atoms with E-state index in [9.17, 15) is 4.79 Å². The van der Waals surface area contributed by atoms with Crippen molar-refractivity contribution in [1.29, 1.82) is 5.41 Å². The standard InChI is InChI=1S/C27H37N11O/c1-15-8-9-16(25(39)35-20(29)12-19(28)27(2,3)4)11-18(15)34-24-22-21(32-14-33-24)23(30)37-26(36-22)38(5)13-17-7-6-10-31-17/h8-9,11-12,14,17,28,31H,6-7,10,13,29H2,1-5H3,(H,35,39)(H2,30,36,37)(H,32,33,34)/b20-12+,28-19?. The van der Waals surface area contributed by atoms with Crippen molar-refractivity contribution in [2.75, 3.05) is 36.1 Å². The first kappa shape index (κ1) is 27.7. The Hall–Kier alpha value is -4.32. The fourth-order valence-electron chi connectivity index (χ4n) is 4.18. The molecule has 0 saturated carbocycles. The summed E-state index contributed by atoms with van der Waals surface area (Å²) < 4.78 is 0. The molecule has 0 radical (unpaired) electrons. The molecule has 3 heterocycles. The fraction of sp³-hybridized carbons (Fsp3) is 0.407. The Morgan fingerprint density at radius 3 is 2.72 bits per heavy atom. The number of rotatable bonds is 8. The van der Waals surface area contributed by atoms with Crippen molar-refractivity contribution in [3.63, 3.8) is 0 Å². The third-order valence-electron chi connectivity index (χ3n) is 6.61. The molecule has 0 spiro atoms. The highest BCUT2D eigenvalue weighted by molar-refractivity contribution is 6.00. The molecule has 12 nitrogen and oxygen atoms in total. The van der Waals surface area contributed by atoms with Gasteiger partial charge in [0.15, 0.2) is 11.6 Å². The lowest BCUT2D eigenvalue weighted by Gasteiger charge is -2.22. The van der Waals surface area contributed by atoms with Gasteiger partial charge in [-0.25, -0.2) is 15.0 Å². The monoisotopic (exact) mass is 531 g/mol. The molecule has 1 unspecified atom stereocenters. The number of nitrogens with two attached hydrogens (primary N) is 2. The number of fused-ring (bicyclic) bond motifs is 1. The second-order valence-electron chi connectivity index (χ2n) is 10.9. The maximum atomic E-state index is 12.9. The van der Waals surface area contributed by atoms with Crippen molar-refractivity contribution in [1.82, 2.24) is 30.6 Å². The molecule has 0 bridgehead atoms. The van der Waals surface area contributed by atoms with E-state index < -0.39 is 5.91 Å². The second-order valence-corrected chi connectivity index (χ2v) is 10.9. The maximum Gasteiger partial charge on any atom is 0.256 e. The van der Waals surface area contributed by atoms with Crippen LogP contribution in [-0.2, 0) is 0 Å². The number of nitrogens with zero attached hydrogens (tertiary/aromatic N) is 5. The third-order valence-corrected chi connectivity index (χ3v) is 6.61. The third kappa shape index (κ3) is 6.58. The largest absolute Gasteiger partial charge is 0.385 e. The van der Waals surface area contributed by atoms with E-state index in [1.807, 2.05) is 45.7 Å². The zero-order valence-corrected chi connectivity index (χ0v) is 23.1. The van der Waals surface area contributed by atoms with E-state index in [1.54, 1.807) is 12.1 Å². The molecule has 1 aliphatic rings. The summed E-state index contributed by atoms with van der Waals surface area (Å²) in [5.41, 5.74) is 15.0. The van der Waals surface area contributed by atoms with Crippen LogP contribution in [0, 0.1) is 17.7 Å². The van der Waals surface area contributed by atoms with Gasteiger partial charge in [0.1, 0.15) is 23.2 Å². The average Bonchev–Trinajstić information content (AvgIpc) is 3.38. The predicted octanol–water partition coefficient (Wildman–Crippen LogP) is 2.84. The van der Waals surface area contributed by atoms with Gasteiger partial charge in [-0.1, -0.05) is 26.8 Å². The van der Waals surface area contributed by atoms with Crippen LogP contribution < -0.4 is 32.3 Å². The predicted molar refractivity (Wildman–Crippen MR) is 155 cm³/mol. The Labute approximate surface area is 228 Å². The van der Waals surface area contributed by atoms with E-state index >= 15 is 0 Å². The van der Waals surface area contributed by atoms with Crippen LogP contribution in [0.2, 0.25) is 0 Å². The molecule has 1 saturated heterocycles. The van der Waals surface area contributed by atoms with Crippen LogP contribution in [0.4, 0.5) is 23.3 Å². The summed E-state index contributed by atoms with van der Waals surface area (Å²) in [5, 5.41) is 17.6. The lowest BCUT2D eigenvalue weighted by molar-refractivity contribution is 0.0965. The molecule has 206 valence electrons. The molecule has 1 atom stereocenters. The molecule has 3 aromatic rings. The molecule has 8 N–H and O–H groups in total. The molecule has 1 aromatic carbocycles. The zero-order valence-electron chi connectivity index (χ0n) is 23.1. The van der Waals surface area contributed by atoms with E-state index in [0.29, 0.717) is 45.8 Å². The number of anilines is 4. The minimum absolute atomic E-state index is 0.105. The lowest BCUT2D eigenvalue weighted by Crippen LogP contribution is -2.36. The number of aromatic nitrogens is 4. The highest BCUT2D eigenvalue weighted by Crippen LogP contribution is 2.28. The summed E-state index contributed by atoms with van der Waals surface area (Å²) in [5.74, 6) is 0.908. The van der Waals surface area contributed by atoms with Gasteiger partial charge in [0.05, 0.1) is 0 Å². The number of likely N-dealkylation sites (N-methyl/N-ethyl adjacent to an activating group) is 1. The number of carbonyl (C=O) groups excluding carboxylic acids is 1. The first-order chi connectivity index (χ1) is 18.4. The second kappa shape index (κ2) is 11.2. The van der Waals surface area contributed by atoms with E-state index in [4.69, 9.17) is 21.9 Å². The first-order valence-electron chi connectivity index (χ1n) is 12.9. The van der Waals surface area contributed by atoms with E-state index in [-0.39, 0.29) is 17.1 Å². The smallest absolute Gasteiger partial charge is 0.256 e. The Morgan fingerprint density at radius 1 is 1.26 bits per heavy atom. The Kier molecular flexibility index (Phi) is 7.95. The topological polar surface area (TPSA) is 184 Å². The molecule has 0 aliphatic carbocycles. The summed E-state index contributed by atoms with van der Waals surface area (Å²) in [6.45, 7) is 9.40. The van der Waals surface area contributed by atoms with Gasteiger partial charge in [0.2, 0.25) is 5.95 Å². The Bertz CT molecular complexity index is 1420. The van der Waals surface area contributed by atoms with Crippen molar-refractivity contribution in [3.8, 4) is 0 Å². The summed E-state index contributed by atoms with van der Waals surface area (Å²) in [6, 6.07) is 5.62. The number of amides is 1. The highest BCUT2D eigenvalue weighted by Gasteiger charge is 2.20.